The summed E-state index contributed by atoms with van der Waals surface area (Å²) in [6.45, 7) is 4.20. The second-order valence-corrected chi connectivity index (χ2v) is 10.1. The Balaban J connectivity index is 1.73. The minimum absolute atomic E-state index is 0.0201. The second kappa shape index (κ2) is 10.5. The Kier molecular flexibility index (Phi) is 7.68. The van der Waals surface area contributed by atoms with Crippen LogP contribution in [0.5, 0.6) is 0 Å². The number of rotatable bonds is 9. The van der Waals surface area contributed by atoms with Crippen LogP contribution < -0.4 is 9.62 Å². The molecule has 1 atom stereocenters. The zero-order valence-electron chi connectivity index (χ0n) is 19.3. The molecular weight excluding hydrogens is 454 g/mol. The van der Waals surface area contributed by atoms with Gasteiger partial charge >= 0.3 is 0 Å². The summed E-state index contributed by atoms with van der Waals surface area (Å²) in [4.78, 5) is 23.2. The molecule has 0 aromatic heterocycles. The predicted molar refractivity (Wildman–Crippen MR) is 132 cm³/mol. The smallest absolute Gasteiger partial charge is 0.271 e. The number of carbonyl (C=O) groups is 1. The van der Waals surface area contributed by atoms with E-state index in [4.69, 9.17) is 0 Å². The minimum Gasteiger partial charge on any atom is -0.351 e. The number of carbonyl (C=O) groups excluding carboxylic acids is 1. The normalized spacial score (nSPS) is 12.1. The number of amides is 1. The molecule has 1 N–H and O–H groups in total. The molecule has 0 saturated carbocycles. The molecule has 34 heavy (non-hydrogen) atoms. The van der Waals surface area contributed by atoms with E-state index in [1.807, 2.05) is 37.3 Å². The highest BCUT2D eigenvalue weighted by atomic mass is 32.2. The number of anilines is 1. The molecule has 1 amide bonds. The number of benzene rings is 3. The molecule has 3 aromatic carbocycles. The summed E-state index contributed by atoms with van der Waals surface area (Å²) in [6, 6.07) is 20.7. The van der Waals surface area contributed by atoms with Gasteiger partial charge in [-0.05, 0) is 41.7 Å². The van der Waals surface area contributed by atoms with Crippen LogP contribution in [-0.4, -0.2) is 32.0 Å². The Labute approximate surface area is 199 Å². The van der Waals surface area contributed by atoms with Gasteiger partial charge in [-0.15, -0.1) is 0 Å². The lowest BCUT2D eigenvalue weighted by Gasteiger charge is -2.24. The van der Waals surface area contributed by atoms with Crippen molar-refractivity contribution in [2.75, 3.05) is 17.1 Å². The highest BCUT2D eigenvalue weighted by Gasteiger charge is 2.22. The van der Waals surface area contributed by atoms with Crippen molar-refractivity contribution in [3.8, 4) is 0 Å². The van der Waals surface area contributed by atoms with Crippen molar-refractivity contribution in [2.45, 2.75) is 26.3 Å². The fourth-order valence-electron chi connectivity index (χ4n) is 3.54. The van der Waals surface area contributed by atoms with Gasteiger partial charge < -0.3 is 5.32 Å². The summed E-state index contributed by atoms with van der Waals surface area (Å²) < 4.78 is 26.1. The van der Waals surface area contributed by atoms with Gasteiger partial charge in [0, 0.05) is 24.2 Å². The lowest BCUT2D eigenvalue weighted by molar-refractivity contribution is -0.384. The number of nitrogens with zero attached hydrogens (tertiary/aromatic N) is 2. The van der Waals surface area contributed by atoms with E-state index < -0.39 is 14.9 Å². The fourth-order valence-corrected chi connectivity index (χ4v) is 4.47. The summed E-state index contributed by atoms with van der Waals surface area (Å²) in [5.74, 6) is -0.0604. The van der Waals surface area contributed by atoms with E-state index in [-0.39, 0.29) is 29.7 Å². The highest BCUT2D eigenvalue weighted by Crippen LogP contribution is 2.29. The number of nitro groups is 1. The van der Waals surface area contributed by atoms with Crippen LogP contribution in [0.4, 0.5) is 11.4 Å². The molecule has 9 heteroatoms. The Bertz CT molecular complexity index is 1280. The molecule has 3 rings (SSSR count). The molecular formula is C25H27N3O5S. The number of non-ortho nitro benzene ring substituents is 1. The monoisotopic (exact) mass is 481 g/mol. The lowest BCUT2D eigenvalue weighted by Crippen LogP contribution is -2.30. The molecule has 0 spiro atoms. The van der Waals surface area contributed by atoms with Gasteiger partial charge in [-0.25, -0.2) is 8.42 Å². The molecule has 0 aliphatic rings. The quantitative estimate of drug-likeness (QED) is 0.360. The minimum atomic E-state index is -3.72. The van der Waals surface area contributed by atoms with Crippen molar-refractivity contribution >= 4 is 27.3 Å². The summed E-state index contributed by atoms with van der Waals surface area (Å²) in [5.41, 5.74) is 2.89. The third-order valence-electron chi connectivity index (χ3n) is 5.55. The first-order valence-corrected chi connectivity index (χ1v) is 12.6. The van der Waals surface area contributed by atoms with Gasteiger partial charge in [0.1, 0.15) is 0 Å². The van der Waals surface area contributed by atoms with Gasteiger partial charge in [0.05, 0.1) is 23.4 Å². The first kappa shape index (κ1) is 24.9. The maximum absolute atomic E-state index is 12.6. The lowest BCUT2D eigenvalue weighted by atomic mass is 10.0. The van der Waals surface area contributed by atoms with Crippen LogP contribution in [0, 0.1) is 17.0 Å². The zero-order chi connectivity index (χ0) is 24.9. The molecule has 0 bridgehead atoms. The molecule has 8 nitrogen and oxygen atoms in total. The standard InChI is InChI=1S/C25H27N3O5S/c1-18-9-14-23(28(30)31)15-24(18)27(34(3,32)33)17-20-10-12-22(13-11-20)25(29)26-16-19(2)21-7-5-4-6-8-21/h4-15,19H,16-17H2,1-3H3,(H,26,29)/t19-/m0/s1. The number of hydrogen-bond acceptors (Lipinski definition) is 5. The average Bonchev–Trinajstić information content (AvgIpc) is 2.81. The van der Waals surface area contributed by atoms with Gasteiger partial charge in [-0.1, -0.05) is 55.5 Å². The van der Waals surface area contributed by atoms with Gasteiger partial charge in [0.25, 0.3) is 11.6 Å². The zero-order valence-corrected chi connectivity index (χ0v) is 20.1. The SMILES string of the molecule is Cc1ccc([N+](=O)[O-])cc1N(Cc1ccc(C(=O)NC[C@H](C)c2ccccc2)cc1)S(C)(=O)=O. The third kappa shape index (κ3) is 6.20. The number of hydrogen-bond donors (Lipinski definition) is 1. The van der Waals surface area contributed by atoms with Crippen LogP contribution in [0.2, 0.25) is 0 Å². The van der Waals surface area contributed by atoms with Crippen molar-refractivity contribution in [2.24, 2.45) is 0 Å². The third-order valence-corrected chi connectivity index (χ3v) is 6.68. The van der Waals surface area contributed by atoms with E-state index in [9.17, 15) is 23.3 Å². The second-order valence-electron chi connectivity index (χ2n) is 8.22. The number of nitro benzene ring substituents is 1. The highest BCUT2D eigenvalue weighted by molar-refractivity contribution is 7.92. The van der Waals surface area contributed by atoms with Gasteiger partial charge in [0.15, 0.2) is 0 Å². The molecule has 0 fully saturated rings. The molecule has 3 aromatic rings. The summed E-state index contributed by atoms with van der Waals surface area (Å²) in [7, 11) is -3.72. The molecule has 0 saturated heterocycles. The van der Waals surface area contributed by atoms with E-state index >= 15 is 0 Å². The first-order chi connectivity index (χ1) is 16.1. The molecule has 0 radical (unpaired) electrons. The predicted octanol–water partition coefficient (Wildman–Crippen LogP) is 4.40. The fraction of sp³-hybridized carbons (Fsp3) is 0.240. The summed E-state index contributed by atoms with van der Waals surface area (Å²) in [6.07, 6.45) is 1.06. The van der Waals surface area contributed by atoms with Gasteiger partial charge in [-0.3, -0.25) is 19.2 Å². The van der Waals surface area contributed by atoms with Gasteiger partial charge in [-0.2, -0.15) is 0 Å². The Morgan fingerprint density at radius 1 is 1.06 bits per heavy atom. The van der Waals surface area contributed by atoms with Crippen molar-refractivity contribution in [3.63, 3.8) is 0 Å². The molecule has 0 heterocycles. The van der Waals surface area contributed by atoms with Crippen LogP contribution in [-0.2, 0) is 16.6 Å². The van der Waals surface area contributed by atoms with Gasteiger partial charge in [0.2, 0.25) is 10.0 Å². The number of sulfonamides is 1. The largest absolute Gasteiger partial charge is 0.351 e. The van der Waals surface area contributed by atoms with Crippen LogP contribution >= 0.6 is 0 Å². The van der Waals surface area contributed by atoms with E-state index in [2.05, 4.69) is 5.32 Å². The maximum Gasteiger partial charge on any atom is 0.271 e. The van der Waals surface area contributed by atoms with Crippen molar-refractivity contribution in [1.82, 2.24) is 5.32 Å². The topological polar surface area (TPSA) is 110 Å². The van der Waals surface area contributed by atoms with Crippen molar-refractivity contribution in [1.29, 1.82) is 0 Å². The van der Waals surface area contributed by atoms with E-state index in [1.165, 1.54) is 18.2 Å². The van der Waals surface area contributed by atoms with E-state index in [1.54, 1.807) is 31.2 Å². The Hall–Kier alpha value is -3.72. The molecule has 178 valence electrons. The van der Waals surface area contributed by atoms with Crippen LogP contribution in [0.3, 0.4) is 0 Å². The molecule has 0 aliphatic carbocycles. The van der Waals surface area contributed by atoms with Crippen molar-refractivity contribution < 1.29 is 18.1 Å². The molecule has 0 aliphatic heterocycles. The summed E-state index contributed by atoms with van der Waals surface area (Å²) in [5, 5.41) is 14.1. The maximum atomic E-state index is 12.6. The number of nitrogens with one attached hydrogen (secondary N) is 1. The number of aryl methyl sites for hydroxylation is 1. The van der Waals surface area contributed by atoms with Crippen molar-refractivity contribution in [3.05, 3.63) is 105 Å². The summed E-state index contributed by atoms with van der Waals surface area (Å²) >= 11 is 0. The van der Waals surface area contributed by atoms with Crippen LogP contribution in [0.15, 0.2) is 72.8 Å². The Morgan fingerprint density at radius 2 is 1.71 bits per heavy atom. The average molecular weight is 482 g/mol. The first-order valence-electron chi connectivity index (χ1n) is 10.7. The molecule has 0 unspecified atom stereocenters. The van der Waals surface area contributed by atoms with E-state index in [0.717, 1.165) is 16.1 Å². The van der Waals surface area contributed by atoms with E-state index in [0.29, 0.717) is 23.2 Å². The Morgan fingerprint density at radius 3 is 2.29 bits per heavy atom. The van der Waals surface area contributed by atoms with Crippen LogP contribution in [0.1, 0.15) is 39.9 Å². The van der Waals surface area contributed by atoms with Crippen LogP contribution in [0.25, 0.3) is 0 Å².